The molecule has 1 heterocycles. The lowest BCUT2D eigenvalue weighted by Crippen LogP contribution is -2.02. The van der Waals surface area contributed by atoms with Gasteiger partial charge in [0.2, 0.25) is 0 Å². The van der Waals surface area contributed by atoms with E-state index in [2.05, 4.69) is 4.98 Å². The first kappa shape index (κ1) is 14.7. The Morgan fingerprint density at radius 1 is 1.22 bits per heavy atom. The predicted octanol–water partition coefficient (Wildman–Crippen LogP) is 3.77. The normalized spacial score (nSPS) is 10.5. The van der Waals surface area contributed by atoms with Crippen LogP contribution in [-0.4, -0.2) is 18.1 Å². The number of benzene rings is 2. The van der Waals surface area contributed by atoms with Crippen LogP contribution in [0.4, 0.5) is 8.78 Å². The summed E-state index contributed by atoms with van der Waals surface area (Å²) in [6, 6.07) is 10.2. The number of nitrogens with one attached hydrogen (secondary N) is 1. The Balaban J connectivity index is 2.33. The Morgan fingerprint density at radius 2 is 1.91 bits per heavy atom. The van der Waals surface area contributed by atoms with E-state index in [0.29, 0.717) is 16.8 Å². The number of carbonyl (C=O) groups excluding carboxylic acids is 1. The van der Waals surface area contributed by atoms with Crippen molar-refractivity contribution in [1.29, 1.82) is 5.26 Å². The molecule has 0 saturated heterocycles. The number of nitrogens with zero attached hydrogens (tertiary/aromatic N) is 1. The molecule has 3 rings (SSSR count). The Morgan fingerprint density at radius 3 is 2.52 bits per heavy atom. The van der Waals surface area contributed by atoms with Gasteiger partial charge in [0.15, 0.2) is 0 Å². The number of hydrogen-bond donors (Lipinski definition) is 1. The molecule has 0 unspecified atom stereocenters. The molecule has 23 heavy (non-hydrogen) atoms. The summed E-state index contributed by atoms with van der Waals surface area (Å²) in [5.74, 6) is -2.30. The lowest BCUT2D eigenvalue weighted by molar-refractivity contribution is 0.0604. The Labute approximate surface area is 129 Å². The number of fused-ring (bicyclic) bond motifs is 1. The molecule has 6 heteroatoms. The summed E-state index contributed by atoms with van der Waals surface area (Å²) in [6.45, 7) is 0. The third kappa shape index (κ3) is 2.42. The van der Waals surface area contributed by atoms with E-state index in [0.717, 1.165) is 12.1 Å². The van der Waals surface area contributed by atoms with Gasteiger partial charge in [0.25, 0.3) is 0 Å². The van der Waals surface area contributed by atoms with Crippen molar-refractivity contribution >= 4 is 16.9 Å². The minimum absolute atomic E-state index is 0.0196. The maximum Gasteiger partial charge on any atom is 0.340 e. The molecule has 1 N–H and O–H groups in total. The summed E-state index contributed by atoms with van der Waals surface area (Å²) in [5, 5.41) is 8.94. The van der Waals surface area contributed by atoms with Gasteiger partial charge in [-0.25, -0.2) is 13.6 Å². The van der Waals surface area contributed by atoms with Gasteiger partial charge in [-0.05, 0) is 23.8 Å². The lowest BCUT2D eigenvalue weighted by atomic mass is 10.0. The predicted molar refractivity (Wildman–Crippen MR) is 79.7 cm³/mol. The van der Waals surface area contributed by atoms with E-state index < -0.39 is 17.6 Å². The molecule has 2 aromatic carbocycles. The zero-order valence-electron chi connectivity index (χ0n) is 12.0. The SMILES string of the molecule is COC(=O)c1c(-c2ccc(C#N)cc2)[nH]c2c(F)cc(F)cc12. The van der Waals surface area contributed by atoms with Gasteiger partial charge in [-0.2, -0.15) is 5.26 Å². The maximum atomic E-state index is 14.0. The Hall–Kier alpha value is -3.20. The number of ether oxygens (including phenoxy) is 1. The summed E-state index contributed by atoms with van der Waals surface area (Å²) in [4.78, 5) is 14.9. The largest absolute Gasteiger partial charge is 0.465 e. The molecule has 0 spiro atoms. The molecule has 0 aliphatic rings. The fourth-order valence-corrected chi connectivity index (χ4v) is 2.46. The summed E-state index contributed by atoms with van der Waals surface area (Å²) in [6.07, 6.45) is 0. The molecular weight excluding hydrogens is 302 g/mol. The van der Waals surface area contributed by atoms with E-state index in [4.69, 9.17) is 10.00 Å². The highest BCUT2D eigenvalue weighted by atomic mass is 19.1. The fourth-order valence-electron chi connectivity index (χ4n) is 2.46. The number of esters is 1. The quantitative estimate of drug-likeness (QED) is 0.732. The van der Waals surface area contributed by atoms with Gasteiger partial charge < -0.3 is 9.72 Å². The lowest BCUT2D eigenvalue weighted by Gasteiger charge is -2.03. The van der Waals surface area contributed by atoms with E-state index in [1.54, 1.807) is 24.3 Å². The molecule has 1 aromatic heterocycles. The van der Waals surface area contributed by atoms with Gasteiger partial charge in [0.05, 0.1) is 35.5 Å². The van der Waals surface area contributed by atoms with Crippen LogP contribution in [0, 0.1) is 23.0 Å². The number of hydrogen-bond acceptors (Lipinski definition) is 3. The number of H-pyrrole nitrogens is 1. The first-order valence-corrected chi connectivity index (χ1v) is 6.64. The molecule has 4 nitrogen and oxygen atoms in total. The molecule has 0 saturated carbocycles. The van der Waals surface area contributed by atoms with E-state index in [1.807, 2.05) is 6.07 Å². The Kier molecular flexibility index (Phi) is 3.54. The number of aromatic nitrogens is 1. The Bertz CT molecular complexity index is 953. The average Bonchev–Trinajstić information content (AvgIpc) is 2.94. The molecule has 0 aliphatic carbocycles. The van der Waals surface area contributed by atoms with Crippen LogP contribution in [0.5, 0.6) is 0 Å². The number of halogens is 2. The van der Waals surface area contributed by atoms with Crippen LogP contribution in [0.2, 0.25) is 0 Å². The van der Waals surface area contributed by atoms with Crippen LogP contribution in [0.3, 0.4) is 0 Å². The van der Waals surface area contributed by atoms with Gasteiger partial charge >= 0.3 is 5.97 Å². The van der Waals surface area contributed by atoms with Crippen LogP contribution in [-0.2, 0) is 4.74 Å². The summed E-state index contributed by atoms with van der Waals surface area (Å²) in [5.41, 5.74) is 1.37. The first-order chi connectivity index (χ1) is 11.0. The molecule has 0 radical (unpaired) electrons. The maximum absolute atomic E-state index is 14.0. The van der Waals surface area contributed by atoms with E-state index in [9.17, 15) is 13.6 Å². The minimum Gasteiger partial charge on any atom is -0.465 e. The van der Waals surface area contributed by atoms with Crippen LogP contribution in [0.1, 0.15) is 15.9 Å². The highest BCUT2D eigenvalue weighted by Gasteiger charge is 2.22. The van der Waals surface area contributed by atoms with Crippen molar-refractivity contribution in [1.82, 2.24) is 4.98 Å². The third-order valence-corrected chi connectivity index (χ3v) is 3.52. The monoisotopic (exact) mass is 312 g/mol. The van der Waals surface area contributed by atoms with Crippen molar-refractivity contribution in [2.24, 2.45) is 0 Å². The molecule has 0 bridgehead atoms. The number of aromatic amines is 1. The minimum atomic E-state index is -0.801. The van der Waals surface area contributed by atoms with E-state index in [1.165, 1.54) is 7.11 Å². The van der Waals surface area contributed by atoms with Gasteiger partial charge in [0.1, 0.15) is 11.6 Å². The highest BCUT2D eigenvalue weighted by molar-refractivity contribution is 6.10. The zero-order valence-corrected chi connectivity index (χ0v) is 12.0. The average molecular weight is 312 g/mol. The van der Waals surface area contributed by atoms with Gasteiger partial charge in [-0.15, -0.1) is 0 Å². The molecule has 3 aromatic rings. The van der Waals surface area contributed by atoms with Crippen molar-refractivity contribution in [3.63, 3.8) is 0 Å². The number of methoxy groups -OCH3 is 1. The molecular formula is C17H10F2N2O2. The molecule has 0 aliphatic heterocycles. The second kappa shape index (κ2) is 5.54. The van der Waals surface area contributed by atoms with Gasteiger partial charge in [0, 0.05) is 11.5 Å². The smallest absolute Gasteiger partial charge is 0.340 e. The number of rotatable bonds is 2. The van der Waals surface area contributed by atoms with Crippen molar-refractivity contribution in [2.75, 3.05) is 7.11 Å². The van der Waals surface area contributed by atoms with Crippen molar-refractivity contribution in [2.45, 2.75) is 0 Å². The van der Waals surface area contributed by atoms with Crippen LogP contribution in [0.15, 0.2) is 36.4 Å². The highest BCUT2D eigenvalue weighted by Crippen LogP contribution is 2.33. The van der Waals surface area contributed by atoms with Crippen LogP contribution in [0.25, 0.3) is 22.2 Å². The second-order valence-corrected chi connectivity index (χ2v) is 4.87. The number of nitriles is 1. The molecule has 114 valence electrons. The van der Waals surface area contributed by atoms with E-state index in [-0.39, 0.29) is 16.5 Å². The molecule has 0 atom stereocenters. The second-order valence-electron chi connectivity index (χ2n) is 4.87. The number of carbonyl (C=O) groups is 1. The van der Waals surface area contributed by atoms with Gasteiger partial charge in [-0.3, -0.25) is 0 Å². The van der Waals surface area contributed by atoms with Gasteiger partial charge in [-0.1, -0.05) is 12.1 Å². The zero-order chi connectivity index (χ0) is 16.6. The summed E-state index contributed by atoms with van der Waals surface area (Å²) < 4.78 is 32.2. The fraction of sp³-hybridized carbons (Fsp3) is 0.0588. The molecule has 0 fully saturated rings. The van der Waals surface area contributed by atoms with Crippen molar-refractivity contribution < 1.29 is 18.3 Å². The molecule has 0 amide bonds. The van der Waals surface area contributed by atoms with Crippen molar-refractivity contribution in [3.05, 3.63) is 59.2 Å². The van der Waals surface area contributed by atoms with Crippen LogP contribution >= 0.6 is 0 Å². The van der Waals surface area contributed by atoms with E-state index >= 15 is 0 Å². The summed E-state index contributed by atoms with van der Waals surface area (Å²) >= 11 is 0. The van der Waals surface area contributed by atoms with Crippen LogP contribution < -0.4 is 0 Å². The third-order valence-electron chi connectivity index (χ3n) is 3.52. The topological polar surface area (TPSA) is 65.9 Å². The van der Waals surface area contributed by atoms with Crippen molar-refractivity contribution in [3.8, 4) is 17.3 Å². The standard InChI is InChI=1S/C17H10F2N2O2/c1-23-17(22)14-12-6-11(18)7-13(19)16(12)21-15(14)10-4-2-9(8-20)3-5-10/h2-7,21H,1H3. The summed E-state index contributed by atoms with van der Waals surface area (Å²) in [7, 11) is 1.19. The first-order valence-electron chi connectivity index (χ1n) is 6.64.